The zero-order valence-corrected chi connectivity index (χ0v) is 13.8. The Labute approximate surface area is 140 Å². The fourth-order valence-electron chi connectivity index (χ4n) is 2.97. The van der Waals surface area contributed by atoms with Gasteiger partial charge in [-0.05, 0) is 61.2 Å². The molecule has 1 unspecified atom stereocenters. The molecule has 2 aromatic carbocycles. The predicted octanol–water partition coefficient (Wildman–Crippen LogP) is 6.38. The van der Waals surface area contributed by atoms with Gasteiger partial charge in [0.25, 0.3) is 0 Å². The lowest BCUT2D eigenvalue weighted by Gasteiger charge is -2.38. The van der Waals surface area contributed by atoms with E-state index < -0.39 is 0 Å². The van der Waals surface area contributed by atoms with Gasteiger partial charge in [-0.1, -0.05) is 40.9 Å². The maximum atomic E-state index is 6.41. The molecule has 1 nitrogen and oxygen atoms in total. The second-order valence-electron chi connectivity index (χ2n) is 5.35. The third kappa shape index (κ3) is 3.31. The first-order valence-electron chi connectivity index (χ1n) is 7.12. The van der Waals surface area contributed by atoms with E-state index in [1.165, 1.54) is 18.5 Å². The lowest BCUT2D eigenvalue weighted by Crippen LogP contribution is -2.33. The lowest BCUT2D eigenvalue weighted by molar-refractivity contribution is 0.473. The quantitative estimate of drug-likeness (QED) is 0.613. The van der Waals surface area contributed by atoms with Gasteiger partial charge in [-0.15, -0.1) is 0 Å². The van der Waals surface area contributed by atoms with Crippen LogP contribution in [0.1, 0.15) is 30.9 Å². The second kappa shape index (κ2) is 6.48. The molecule has 0 spiro atoms. The molecule has 0 radical (unpaired) electrons. The summed E-state index contributed by atoms with van der Waals surface area (Å²) in [6.45, 7) is 1.03. The number of rotatable bonds is 2. The minimum absolute atomic E-state index is 0.296. The highest BCUT2D eigenvalue weighted by atomic mass is 35.5. The van der Waals surface area contributed by atoms with Gasteiger partial charge in [-0.25, -0.2) is 0 Å². The first-order valence-corrected chi connectivity index (χ1v) is 8.26. The van der Waals surface area contributed by atoms with E-state index in [1.54, 1.807) is 0 Å². The Hall–Kier alpha value is -0.890. The summed E-state index contributed by atoms with van der Waals surface area (Å²) in [5, 5.41) is 2.18. The summed E-state index contributed by atoms with van der Waals surface area (Å²) in [6, 6.07) is 14.1. The van der Waals surface area contributed by atoms with E-state index in [1.807, 2.05) is 30.3 Å². The van der Waals surface area contributed by atoms with Gasteiger partial charge in [-0.3, -0.25) is 0 Å². The minimum Gasteiger partial charge on any atom is -0.364 e. The molecule has 1 heterocycles. The van der Waals surface area contributed by atoms with Gasteiger partial charge < -0.3 is 4.90 Å². The Kier molecular flexibility index (Phi) is 4.63. The van der Waals surface area contributed by atoms with Crippen molar-refractivity contribution in [3.05, 3.63) is 63.1 Å². The summed E-state index contributed by atoms with van der Waals surface area (Å²) < 4.78 is 0. The summed E-state index contributed by atoms with van der Waals surface area (Å²) in [4.78, 5) is 2.41. The molecule has 21 heavy (non-hydrogen) atoms. The van der Waals surface area contributed by atoms with Gasteiger partial charge in [0.1, 0.15) is 0 Å². The SMILES string of the molecule is Clc1ccc(N2CCCCC2c2ccc(Cl)cc2Cl)cc1. The van der Waals surface area contributed by atoms with E-state index >= 15 is 0 Å². The number of hydrogen-bond donors (Lipinski definition) is 0. The summed E-state index contributed by atoms with van der Waals surface area (Å²) in [7, 11) is 0. The van der Waals surface area contributed by atoms with Gasteiger partial charge in [-0.2, -0.15) is 0 Å². The average molecular weight is 341 g/mol. The Bertz CT molecular complexity index is 624. The zero-order chi connectivity index (χ0) is 14.8. The molecule has 0 aliphatic carbocycles. The van der Waals surface area contributed by atoms with Crippen LogP contribution in [0.2, 0.25) is 15.1 Å². The Balaban J connectivity index is 1.96. The standard InChI is InChI=1S/C17H16Cl3N/c18-12-4-7-14(8-5-12)21-10-2-1-3-17(21)15-9-6-13(19)11-16(15)20/h4-9,11,17H,1-3,10H2. The molecule has 0 saturated carbocycles. The van der Waals surface area contributed by atoms with E-state index in [-0.39, 0.29) is 0 Å². The highest BCUT2D eigenvalue weighted by Gasteiger charge is 2.25. The van der Waals surface area contributed by atoms with Crippen LogP contribution in [0.5, 0.6) is 0 Å². The molecule has 110 valence electrons. The Morgan fingerprint density at radius 2 is 1.57 bits per heavy atom. The highest BCUT2D eigenvalue weighted by molar-refractivity contribution is 6.35. The molecule has 1 aliphatic rings. The van der Waals surface area contributed by atoms with E-state index in [0.717, 1.165) is 28.6 Å². The minimum atomic E-state index is 0.296. The molecule has 0 N–H and O–H groups in total. The third-order valence-electron chi connectivity index (χ3n) is 3.98. The Morgan fingerprint density at radius 3 is 2.29 bits per heavy atom. The van der Waals surface area contributed by atoms with Crippen LogP contribution in [-0.4, -0.2) is 6.54 Å². The van der Waals surface area contributed by atoms with E-state index in [0.29, 0.717) is 11.1 Å². The van der Waals surface area contributed by atoms with Crippen molar-refractivity contribution in [2.45, 2.75) is 25.3 Å². The van der Waals surface area contributed by atoms with Crippen molar-refractivity contribution < 1.29 is 0 Å². The van der Waals surface area contributed by atoms with Gasteiger partial charge in [0.2, 0.25) is 0 Å². The highest BCUT2D eigenvalue weighted by Crippen LogP contribution is 2.38. The van der Waals surface area contributed by atoms with Crippen molar-refractivity contribution in [2.75, 3.05) is 11.4 Å². The molecule has 0 bridgehead atoms. The molecule has 1 fully saturated rings. The molecular weight excluding hydrogens is 325 g/mol. The van der Waals surface area contributed by atoms with Crippen LogP contribution in [0.15, 0.2) is 42.5 Å². The lowest BCUT2D eigenvalue weighted by atomic mass is 9.94. The van der Waals surface area contributed by atoms with Crippen LogP contribution in [0.25, 0.3) is 0 Å². The number of benzene rings is 2. The van der Waals surface area contributed by atoms with Crippen molar-refractivity contribution in [3.8, 4) is 0 Å². The average Bonchev–Trinajstić information content (AvgIpc) is 2.48. The maximum absolute atomic E-state index is 6.41. The van der Waals surface area contributed by atoms with Gasteiger partial charge in [0.05, 0.1) is 6.04 Å². The number of hydrogen-bond acceptors (Lipinski definition) is 1. The largest absolute Gasteiger partial charge is 0.364 e. The van der Waals surface area contributed by atoms with E-state index in [4.69, 9.17) is 34.8 Å². The molecule has 0 aromatic heterocycles. The summed E-state index contributed by atoms with van der Waals surface area (Å²) in [5.41, 5.74) is 2.34. The molecule has 1 aliphatic heterocycles. The first kappa shape index (κ1) is 15.0. The summed E-state index contributed by atoms with van der Waals surface area (Å²) in [6.07, 6.45) is 3.52. The molecule has 1 saturated heterocycles. The topological polar surface area (TPSA) is 3.24 Å². The van der Waals surface area contributed by atoms with Gasteiger partial charge >= 0.3 is 0 Å². The van der Waals surface area contributed by atoms with E-state index in [9.17, 15) is 0 Å². The Morgan fingerprint density at radius 1 is 0.857 bits per heavy atom. The predicted molar refractivity (Wildman–Crippen MR) is 91.9 cm³/mol. The summed E-state index contributed by atoms with van der Waals surface area (Å²) >= 11 is 18.4. The van der Waals surface area contributed by atoms with Crippen LogP contribution >= 0.6 is 34.8 Å². The van der Waals surface area contributed by atoms with Crippen LogP contribution in [0.3, 0.4) is 0 Å². The van der Waals surface area contributed by atoms with Crippen LogP contribution in [0.4, 0.5) is 5.69 Å². The zero-order valence-electron chi connectivity index (χ0n) is 11.5. The molecule has 0 amide bonds. The van der Waals surface area contributed by atoms with Gasteiger partial charge in [0.15, 0.2) is 0 Å². The third-order valence-corrected chi connectivity index (χ3v) is 4.80. The smallest absolute Gasteiger partial charge is 0.0557 e. The molecular formula is C17H16Cl3N. The molecule has 4 heteroatoms. The van der Waals surface area contributed by atoms with Crippen LogP contribution in [0, 0.1) is 0 Å². The number of nitrogens with zero attached hydrogens (tertiary/aromatic N) is 1. The normalized spacial score (nSPS) is 18.8. The maximum Gasteiger partial charge on any atom is 0.0557 e. The van der Waals surface area contributed by atoms with Crippen molar-refractivity contribution >= 4 is 40.5 Å². The molecule has 3 rings (SSSR count). The number of halogens is 3. The van der Waals surface area contributed by atoms with Crippen LogP contribution in [-0.2, 0) is 0 Å². The molecule has 1 atom stereocenters. The monoisotopic (exact) mass is 339 g/mol. The van der Waals surface area contributed by atoms with Crippen molar-refractivity contribution in [3.63, 3.8) is 0 Å². The first-order chi connectivity index (χ1) is 10.1. The second-order valence-corrected chi connectivity index (χ2v) is 6.63. The molecule has 2 aromatic rings. The fourth-order valence-corrected chi connectivity index (χ4v) is 3.63. The summed E-state index contributed by atoms with van der Waals surface area (Å²) in [5.74, 6) is 0. The van der Waals surface area contributed by atoms with Gasteiger partial charge in [0, 0.05) is 27.3 Å². The van der Waals surface area contributed by atoms with Crippen molar-refractivity contribution in [1.82, 2.24) is 0 Å². The van der Waals surface area contributed by atoms with E-state index in [2.05, 4.69) is 17.0 Å². The fraction of sp³-hybridized carbons (Fsp3) is 0.294. The van der Waals surface area contributed by atoms with Crippen molar-refractivity contribution in [1.29, 1.82) is 0 Å². The number of piperidine rings is 1. The van der Waals surface area contributed by atoms with Crippen LogP contribution < -0.4 is 4.90 Å². The van der Waals surface area contributed by atoms with Crippen molar-refractivity contribution in [2.24, 2.45) is 0 Å². The number of anilines is 1.